The minimum Gasteiger partial charge on any atom is -0.301 e. The van der Waals surface area contributed by atoms with Crippen LogP contribution in [-0.2, 0) is 0 Å². The van der Waals surface area contributed by atoms with Crippen molar-refractivity contribution in [1.82, 2.24) is 10.3 Å². The molecule has 0 fully saturated rings. The molecule has 1 aromatic heterocycles. The van der Waals surface area contributed by atoms with Crippen LogP contribution in [-0.4, -0.2) is 16.2 Å². The van der Waals surface area contributed by atoms with Crippen molar-refractivity contribution in [2.75, 3.05) is 5.32 Å². The van der Waals surface area contributed by atoms with E-state index in [-0.39, 0.29) is 17.4 Å². The summed E-state index contributed by atoms with van der Waals surface area (Å²) < 4.78 is 4.39. The first-order chi connectivity index (χ1) is 8.61. The number of hydrogen-bond acceptors (Lipinski definition) is 5. The van der Waals surface area contributed by atoms with Crippen molar-refractivity contribution in [3.05, 3.63) is 40.6 Å². The zero-order valence-corrected chi connectivity index (χ0v) is 9.89. The van der Waals surface area contributed by atoms with Crippen molar-refractivity contribution >= 4 is 11.7 Å². The Labute approximate surface area is 103 Å². The highest BCUT2D eigenvalue weighted by Crippen LogP contribution is 2.14. The molecule has 18 heavy (non-hydrogen) atoms. The lowest BCUT2D eigenvalue weighted by molar-refractivity contribution is 0.102. The molecule has 0 unspecified atom stereocenters. The molecule has 6 nitrogen and oxygen atoms in total. The van der Waals surface area contributed by atoms with Gasteiger partial charge in [0.05, 0.1) is 0 Å². The van der Waals surface area contributed by atoms with Gasteiger partial charge in [-0.15, -0.1) is 0 Å². The van der Waals surface area contributed by atoms with Crippen LogP contribution in [0.3, 0.4) is 0 Å². The van der Waals surface area contributed by atoms with Gasteiger partial charge in [-0.05, 0) is 35.8 Å². The van der Waals surface area contributed by atoms with Crippen molar-refractivity contribution in [1.29, 1.82) is 5.26 Å². The summed E-state index contributed by atoms with van der Waals surface area (Å²) in [5, 5.41) is 18.0. The molecule has 0 aliphatic carbocycles. The number of nitriles is 1. The number of anilines is 1. The van der Waals surface area contributed by atoms with Crippen LogP contribution in [0.5, 0.6) is 0 Å². The van der Waals surface area contributed by atoms with Crippen LogP contribution in [0, 0.1) is 25.2 Å². The monoisotopic (exact) mass is 242 g/mol. The maximum Gasteiger partial charge on any atom is 0.257 e. The Morgan fingerprint density at radius 1 is 1.39 bits per heavy atom. The lowest BCUT2D eigenvalue weighted by Crippen LogP contribution is -2.14. The number of aryl methyl sites for hydroxylation is 2. The van der Waals surface area contributed by atoms with Gasteiger partial charge in [0.2, 0.25) is 11.5 Å². The van der Waals surface area contributed by atoms with Crippen LogP contribution in [0.25, 0.3) is 0 Å². The van der Waals surface area contributed by atoms with E-state index in [0.717, 1.165) is 11.1 Å². The Kier molecular flexibility index (Phi) is 3.06. The molecular weight excluding hydrogens is 232 g/mol. The van der Waals surface area contributed by atoms with Crippen molar-refractivity contribution in [2.45, 2.75) is 13.8 Å². The van der Waals surface area contributed by atoms with Crippen LogP contribution < -0.4 is 5.32 Å². The topological polar surface area (TPSA) is 91.8 Å². The number of carbonyl (C=O) groups is 1. The number of carbonyl (C=O) groups excluding carboxylic acids is 1. The molecule has 0 aliphatic heterocycles. The first-order valence-corrected chi connectivity index (χ1v) is 5.23. The maximum absolute atomic E-state index is 12.0. The molecular formula is C12H10N4O2. The molecule has 1 N–H and O–H groups in total. The molecule has 1 aromatic carbocycles. The fourth-order valence-corrected chi connectivity index (χ4v) is 1.59. The fourth-order valence-electron chi connectivity index (χ4n) is 1.59. The second-order valence-electron chi connectivity index (χ2n) is 3.85. The van der Waals surface area contributed by atoms with Gasteiger partial charge in [0.15, 0.2) is 0 Å². The Morgan fingerprint density at radius 2 is 2.17 bits per heavy atom. The molecule has 1 heterocycles. The Balaban J connectivity index is 2.25. The van der Waals surface area contributed by atoms with Crippen molar-refractivity contribution < 1.29 is 9.42 Å². The molecule has 0 aliphatic rings. The molecule has 1 amide bonds. The van der Waals surface area contributed by atoms with Gasteiger partial charge >= 0.3 is 0 Å². The lowest BCUT2D eigenvalue weighted by Gasteiger charge is -2.05. The largest absolute Gasteiger partial charge is 0.301 e. The third kappa shape index (κ3) is 2.20. The van der Waals surface area contributed by atoms with Crippen LogP contribution in [0.1, 0.15) is 27.2 Å². The standard InChI is InChI=1S/C12H10N4O2/c1-7-3-4-9(8(2)5-7)12(17)14-11-10(6-13)15-18-16-11/h3-5H,1-2H3,(H,14,16,17). The van der Waals surface area contributed by atoms with E-state index in [1.807, 2.05) is 26.0 Å². The fraction of sp³-hybridized carbons (Fsp3) is 0.167. The summed E-state index contributed by atoms with van der Waals surface area (Å²) in [6, 6.07) is 7.24. The quantitative estimate of drug-likeness (QED) is 0.866. The third-order valence-corrected chi connectivity index (χ3v) is 2.45. The Bertz CT molecular complexity index is 640. The molecule has 0 radical (unpaired) electrons. The van der Waals surface area contributed by atoms with Gasteiger partial charge in [-0.25, -0.2) is 4.63 Å². The zero-order chi connectivity index (χ0) is 13.1. The molecule has 0 saturated carbocycles. The summed E-state index contributed by atoms with van der Waals surface area (Å²) in [6.45, 7) is 3.79. The minimum absolute atomic E-state index is 0.0301. The van der Waals surface area contributed by atoms with E-state index >= 15 is 0 Å². The van der Waals surface area contributed by atoms with Crippen LogP contribution in [0.2, 0.25) is 0 Å². The first kappa shape index (κ1) is 11.8. The Morgan fingerprint density at radius 3 is 2.83 bits per heavy atom. The molecule has 90 valence electrons. The number of benzene rings is 1. The number of nitrogens with zero attached hydrogens (tertiary/aromatic N) is 3. The van der Waals surface area contributed by atoms with Gasteiger partial charge in [-0.2, -0.15) is 5.26 Å². The average Bonchev–Trinajstić information content (AvgIpc) is 2.76. The summed E-state index contributed by atoms with van der Waals surface area (Å²) >= 11 is 0. The van der Waals surface area contributed by atoms with Gasteiger partial charge in [-0.3, -0.25) is 4.79 Å². The van der Waals surface area contributed by atoms with Crippen molar-refractivity contribution in [3.63, 3.8) is 0 Å². The smallest absolute Gasteiger partial charge is 0.257 e. The predicted molar refractivity (Wildman–Crippen MR) is 62.9 cm³/mol. The summed E-state index contributed by atoms with van der Waals surface area (Å²) in [5.74, 6) is -0.317. The van der Waals surface area contributed by atoms with E-state index < -0.39 is 0 Å². The predicted octanol–water partition coefficient (Wildman–Crippen LogP) is 1.81. The second kappa shape index (κ2) is 4.67. The summed E-state index contributed by atoms with van der Waals surface area (Å²) in [4.78, 5) is 12.0. The molecule has 2 aromatic rings. The summed E-state index contributed by atoms with van der Waals surface area (Å²) in [7, 11) is 0. The van der Waals surface area contributed by atoms with E-state index in [0.29, 0.717) is 5.56 Å². The number of amides is 1. The molecule has 0 saturated heterocycles. The number of aromatic nitrogens is 2. The van der Waals surface area contributed by atoms with Gasteiger partial charge in [-0.1, -0.05) is 17.7 Å². The normalized spacial score (nSPS) is 9.83. The van der Waals surface area contributed by atoms with E-state index in [1.165, 1.54) is 0 Å². The maximum atomic E-state index is 12.0. The number of hydrogen-bond donors (Lipinski definition) is 1. The van der Waals surface area contributed by atoms with Crippen LogP contribution >= 0.6 is 0 Å². The third-order valence-electron chi connectivity index (χ3n) is 2.45. The molecule has 0 bridgehead atoms. The minimum atomic E-state index is -0.347. The van der Waals surface area contributed by atoms with Gasteiger partial charge in [0, 0.05) is 5.56 Å². The highest BCUT2D eigenvalue weighted by molar-refractivity contribution is 6.05. The van der Waals surface area contributed by atoms with E-state index in [4.69, 9.17) is 5.26 Å². The van der Waals surface area contributed by atoms with Crippen LogP contribution in [0.4, 0.5) is 5.82 Å². The van der Waals surface area contributed by atoms with E-state index in [2.05, 4.69) is 20.3 Å². The second-order valence-corrected chi connectivity index (χ2v) is 3.85. The zero-order valence-electron chi connectivity index (χ0n) is 9.89. The lowest BCUT2D eigenvalue weighted by atomic mass is 10.1. The molecule has 6 heteroatoms. The average molecular weight is 242 g/mol. The molecule has 2 rings (SSSR count). The van der Waals surface area contributed by atoms with Crippen molar-refractivity contribution in [3.8, 4) is 6.07 Å². The van der Waals surface area contributed by atoms with E-state index in [1.54, 1.807) is 12.1 Å². The number of rotatable bonds is 2. The van der Waals surface area contributed by atoms with E-state index in [9.17, 15) is 4.79 Å². The van der Waals surface area contributed by atoms with Crippen molar-refractivity contribution in [2.24, 2.45) is 0 Å². The Hall–Kier alpha value is -2.68. The van der Waals surface area contributed by atoms with Crippen LogP contribution in [0.15, 0.2) is 22.8 Å². The van der Waals surface area contributed by atoms with Gasteiger partial charge in [0.1, 0.15) is 6.07 Å². The molecule has 0 atom stereocenters. The summed E-state index contributed by atoms with van der Waals surface area (Å²) in [5.41, 5.74) is 2.40. The van der Waals surface area contributed by atoms with Gasteiger partial charge in [0.25, 0.3) is 5.91 Å². The SMILES string of the molecule is Cc1ccc(C(=O)Nc2nonc2C#N)c(C)c1. The highest BCUT2D eigenvalue weighted by Gasteiger charge is 2.15. The number of nitrogens with one attached hydrogen (secondary N) is 1. The first-order valence-electron chi connectivity index (χ1n) is 5.23. The van der Waals surface area contributed by atoms with Gasteiger partial charge < -0.3 is 5.32 Å². The molecule has 0 spiro atoms. The highest BCUT2D eigenvalue weighted by atomic mass is 16.6. The summed E-state index contributed by atoms with van der Waals surface area (Å²) in [6.07, 6.45) is 0.